The van der Waals surface area contributed by atoms with E-state index < -0.39 is 15.8 Å². The third-order valence-electron chi connectivity index (χ3n) is 6.68. The van der Waals surface area contributed by atoms with Crippen molar-refractivity contribution < 1.29 is 12.8 Å². The molecule has 0 radical (unpaired) electrons. The molecule has 0 atom stereocenters. The van der Waals surface area contributed by atoms with Gasteiger partial charge in [0.25, 0.3) is 0 Å². The minimum absolute atomic E-state index is 0.0102. The van der Waals surface area contributed by atoms with Gasteiger partial charge in [-0.2, -0.15) is 5.10 Å². The zero-order valence-corrected chi connectivity index (χ0v) is 23.5. The molecule has 0 aliphatic rings. The highest BCUT2D eigenvalue weighted by atomic mass is 32.2. The van der Waals surface area contributed by atoms with Gasteiger partial charge in [0.1, 0.15) is 17.2 Å². The van der Waals surface area contributed by atoms with Crippen LogP contribution in [0.4, 0.5) is 10.1 Å². The minimum Gasteiger partial charge on any atom is -0.382 e. The van der Waals surface area contributed by atoms with E-state index in [-0.39, 0.29) is 6.54 Å². The standard InChI is InChI=1S/C30H28FN7O2S/c1-17(2)35-23-11-21(15-32-16-23)19-4-5-27-26(12-19)29(38-37-27)28-13-25-24(6-7-33-30(25)36-28)20-8-18(9-22(31)10-20)14-34-41(3,39)40/h4-13,15-17,34-35H,14H2,1-3H3,(H,33,36)(H,37,38). The van der Waals surface area contributed by atoms with Crippen molar-refractivity contribution in [1.29, 1.82) is 0 Å². The molecule has 0 unspecified atom stereocenters. The average Bonchev–Trinajstić information content (AvgIpc) is 3.54. The molecule has 0 bridgehead atoms. The van der Waals surface area contributed by atoms with Crippen LogP contribution in [0.2, 0.25) is 0 Å². The molecule has 0 saturated carbocycles. The summed E-state index contributed by atoms with van der Waals surface area (Å²) in [5.41, 5.74) is 7.83. The van der Waals surface area contributed by atoms with Crippen molar-refractivity contribution in [3.8, 4) is 33.6 Å². The van der Waals surface area contributed by atoms with Gasteiger partial charge in [-0.1, -0.05) is 6.07 Å². The zero-order chi connectivity index (χ0) is 28.7. The Morgan fingerprint density at radius 3 is 2.61 bits per heavy atom. The fourth-order valence-electron chi connectivity index (χ4n) is 4.94. The smallest absolute Gasteiger partial charge is 0.209 e. The first-order valence-electron chi connectivity index (χ1n) is 13.1. The molecular weight excluding hydrogens is 541 g/mol. The molecule has 208 valence electrons. The summed E-state index contributed by atoms with van der Waals surface area (Å²) in [5.74, 6) is -0.457. The van der Waals surface area contributed by atoms with Crippen LogP contribution < -0.4 is 10.0 Å². The van der Waals surface area contributed by atoms with Crippen molar-refractivity contribution >= 4 is 37.6 Å². The monoisotopic (exact) mass is 569 g/mol. The predicted octanol–water partition coefficient (Wildman–Crippen LogP) is 5.84. The van der Waals surface area contributed by atoms with Gasteiger partial charge in [-0.3, -0.25) is 10.1 Å². The normalized spacial score (nSPS) is 12.0. The average molecular weight is 570 g/mol. The molecule has 41 heavy (non-hydrogen) atoms. The summed E-state index contributed by atoms with van der Waals surface area (Å²) in [6, 6.07) is 16.8. The number of aromatic nitrogens is 5. The Labute approximate surface area is 236 Å². The van der Waals surface area contributed by atoms with Gasteiger partial charge < -0.3 is 10.3 Å². The number of benzene rings is 2. The van der Waals surface area contributed by atoms with Gasteiger partial charge in [-0.15, -0.1) is 0 Å². The van der Waals surface area contributed by atoms with Crippen LogP contribution in [-0.4, -0.2) is 45.9 Å². The van der Waals surface area contributed by atoms with Crippen LogP contribution in [-0.2, 0) is 16.6 Å². The van der Waals surface area contributed by atoms with Crippen LogP contribution in [0, 0.1) is 5.82 Å². The van der Waals surface area contributed by atoms with Gasteiger partial charge >= 0.3 is 0 Å². The van der Waals surface area contributed by atoms with Gasteiger partial charge in [0.2, 0.25) is 10.0 Å². The predicted molar refractivity (Wildman–Crippen MR) is 160 cm³/mol. The lowest BCUT2D eigenvalue weighted by Crippen LogP contribution is -2.21. The number of H-pyrrole nitrogens is 2. The maximum atomic E-state index is 14.6. The first-order chi connectivity index (χ1) is 19.6. The molecule has 2 aromatic carbocycles. The Morgan fingerprint density at radius 2 is 1.80 bits per heavy atom. The lowest BCUT2D eigenvalue weighted by molar-refractivity contribution is 0.586. The lowest BCUT2D eigenvalue weighted by Gasteiger charge is -2.11. The number of pyridine rings is 2. The number of rotatable bonds is 8. The van der Waals surface area contributed by atoms with Gasteiger partial charge in [0.15, 0.2) is 0 Å². The van der Waals surface area contributed by atoms with Crippen molar-refractivity contribution in [2.75, 3.05) is 11.6 Å². The SMILES string of the molecule is CC(C)Nc1cncc(-c2ccc3[nH]nc(-c4cc5c(-c6cc(F)cc(CNS(C)(=O)=O)c6)ccnc5[nH]4)c3c2)c1. The highest BCUT2D eigenvalue weighted by Crippen LogP contribution is 2.35. The third-order valence-corrected chi connectivity index (χ3v) is 7.35. The third kappa shape index (κ3) is 5.67. The molecule has 4 heterocycles. The Bertz CT molecular complexity index is 2010. The van der Waals surface area contributed by atoms with Crippen LogP contribution in [0.1, 0.15) is 19.4 Å². The Balaban J connectivity index is 1.40. The van der Waals surface area contributed by atoms with E-state index in [0.29, 0.717) is 22.8 Å². The highest BCUT2D eigenvalue weighted by Gasteiger charge is 2.16. The highest BCUT2D eigenvalue weighted by molar-refractivity contribution is 7.88. The molecule has 4 aromatic heterocycles. The van der Waals surface area contributed by atoms with E-state index in [0.717, 1.165) is 56.3 Å². The summed E-state index contributed by atoms with van der Waals surface area (Å²) >= 11 is 0. The summed E-state index contributed by atoms with van der Waals surface area (Å²) in [6.07, 6.45) is 6.37. The molecule has 0 aliphatic carbocycles. The van der Waals surface area contributed by atoms with Gasteiger partial charge in [0.05, 0.1) is 23.2 Å². The van der Waals surface area contributed by atoms with Crippen molar-refractivity contribution in [1.82, 2.24) is 29.9 Å². The second kappa shape index (κ2) is 10.4. The van der Waals surface area contributed by atoms with E-state index in [1.165, 1.54) is 12.1 Å². The molecule has 11 heteroatoms. The number of hydrogen-bond donors (Lipinski definition) is 4. The molecule has 0 amide bonds. The van der Waals surface area contributed by atoms with Crippen molar-refractivity contribution in [2.24, 2.45) is 0 Å². The fraction of sp³-hybridized carbons (Fsp3) is 0.167. The Kier molecular flexibility index (Phi) is 6.76. The van der Waals surface area contributed by atoms with Crippen LogP contribution in [0.25, 0.3) is 55.6 Å². The van der Waals surface area contributed by atoms with Crippen molar-refractivity contribution in [3.63, 3.8) is 0 Å². The number of sulfonamides is 1. The largest absolute Gasteiger partial charge is 0.382 e. The molecule has 6 rings (SSSR count). The maximum absolute atomic E-state index is 14.6. The summed E-state index contributed by atoms with van der Waals surface area (Å²) in [6.45, 7) is 4.16. The van der Waals surface area contributed by atoms with Crippen LogP contribution in [0.5, 0.6) is 0 Å². The van der Waals surface area contributed by atoms with E-state index in [2.05, 4.69) is 61.2 Å². The number of aromatic amines is 2. The number of nitrogens with one attached hydrogen (secondary N) is 4. The first kappa shape index (κ1) is 26.6. The zero-order valence-electron chi connectivity index (χ0n) is 22.7. The van der Waals surface area contributed by atoms with E-state index in [9.17, 15) is 12.8 Å². The molecule has 0 spiro atoms. The molecule has 0 saturated heterocycles. The quantitative estimate of drug-likeness (QED) is 0.182. The van der Waals surface area contributed by atoms with Gasteiger partial charge in [-0.25, -0.2) is 22.5 Å². The van der Waals surface area contributed by atoms with E-state index >= 15 is 0 Å². The van der Waals surface area contributed by atoms with Crippen LogP contribution in [0.15, 0.2) is 73.2 Å². The molecular formula is C30H28FN7O2S. The molecule has 0 fully saturated rings. The minimum atomic E-state index is -3.42. The summed E-state index contributed by atoms with van der Waals surface area (Å²) in [5, 5.41) is 12.8. The Hall–Kier alpha value is -4.61. The molecule has 0 aliphatic heterocycles. The number of fused-ring (bicyclic) bond motifs is 2. The van der Waals surface area contributed by atoms with Crippen molar-refractivity contribution in [3.05, 3.63) is 84.6 Å². The number of nitrogens with zero attached hydrogens (tertiary/aromatic N) is 3. The maximum Gasteiger partial charge on any atom is 0.209 e. The number of hydrogen-bond acceptors (Lipinski definition) is 6. The van der Waals surface area contributed by atoms with Crippen LogP contribution in [0.3, 0.4) is 0 Å². The number of anilines is 1. The fourth-order valence-corrected chi connectivity index (χ4v) is 5.37. The second-order valence-corrected chi connectivity index (χ2v) is 12.2. The van der Waals surface area contributed by atoms with E-state index in [1.54, 1.807) is 12.3 Å². The van der Waals surface area contributed by atoms with Crippen LogP contribution >= 0.6 is 0 Å². The molecule has 6 aromatic rings. The second-order valence-electron chi connectivity index (χ2n) is 10.3. The Morgan fingerprint density at radius 1 is 0.951 bits per heavy atom. The van der Waals surface area contributed by atoms with E-state index in [1.807, 2.05) is 36.7 Å². The topological polar surface area (TPSA) is 128 Å². The van der Waals surface area contributed by atoms with E-state index in [4.69, 9.17) is 0 Å². The van der Waals surface area contributed by atoms with Crippen molar-refractivity contribution in [2.45, 2.75) is 26.4 Å². The summed E-state index contributed by atoms with van der Waals surface area (Å²) in [4.78, 5) is 12.3. The summed E-state index contributed by atoms with van der Waals surface area (Å²) < 4.78 is 40.1. The lowest BCUT2D eigenvalue weighted by atomic mass is 10.0. The number of halogens is 1. The van der Waals surface area contributed by atoms with Gasteiger partial charge in [-0.05, 0) is 84.6 Å². The first-order valence-corrected chi connectivity index (χ1v) is 14.9. The van der Waals surface area contributed by atoms with Gasteiger partial charge in [0, 0.05) is 47.5 Å². The molecule has 9 nitrogen and oxygen atoms in total. The molecule has 4 N–H and O–H groups in total. The summed E-state index contributed by atoms with van der Waals surface area (Å²) in [7, 11) is -3.42.